The second-order valence-electron chi connectivity index (χ2n) is 7.68. The Kier molecular flexibility index (Phi) is 5.91. The molecule has 0 saturated carbocycles. The first-order chi connectivity index (χ1) is 17.4. The van der Waals surface area contributed by atoms with Crippen LogP contribution in [0.5, 0.6) is 17.2 Å². The topological polar surface area (TPSA) is 86.9 Å². The van der Waals surface area contributed by atoms with E-state index in [-0.39, 0.29) is 17.0 Å². The SMILES string of the molecule is COc1cc(Oc2ccc(NC(=O)c3cccn(-c4ccc(F)cc4)c3=O)cc2F)c2ccnn2c1. The molecule has 0 spiro atoms. The number of ether oxygens (including phenoxy) is 2. The summed E-state index contributed by atoms with van der Waals surface area (Å²) in [6, 6.07) is 15.3. The summed E-state index contributed by atoms with van der Waals surface area (Å²) in [5, 5.41) is 6.66. The molecule has 1 amide bonds. The number of aromatic nitrogens is 3. The number of benzene rings is 2. The molecule has 0 radical (unpaired) electrons. The van der Waals surface area contributed by atoms with Crippen molar-refractivity contribution in [3.05, 3.63) is 113 Å². The Morgan fingerprint density at radius 1 is 1.00 bits per heavy atom. The molecular weight excluding hydrogens is 470 g/mol. The van der Waals surface area contributed by atoms with E-state index in [1.807, 2.05) is 0 Å². The number of amides is 1. The Morgan fingerprint density at radius 3 is 2.56 bits per heavy atom. The molecule has 10 heteroatoms. The highest BCUT2D eigenvalue weighted by Gasteiger charge is 2.16. The van der Waals surface area contributed by atoms with Crippen LogP contribution in [0.2, 0.25) is 0 Å². The van der Waals surface area contributed by atoms with Crippen molar-refractivity contribution >= 4 is 17.1 Å². The summed E-state index contributed by atoms with van der Waals surface area (Å²) in [6.07, 6.45) is 4.70. The van der Waals surface area contributed by atoms with Crippen LogP contribution in [0, 0.1) is 11.6 Å². The van der Waals surface area contributed by atoms with Crippen LogP contribution in [0.15, 0.2) is 90.1 Å². The number of halogens is 2. The van der Waals surface area contributed by atoms with Gasteiger partial charge in [0.25, 0.3) is 11.5 Å². The summed E-state index contributed by atoms with van der Waals surface area (Å²) in [6.45, 7) is 0. The number of carbonyl (C=O) groups is 1. The van der Waals surface area contributed by atoms with Crippen molar-refractivity contribution in [3.8, 4) is 22.9 Å². The van der Waals surface area contributed by atoms with Crippen molar-refractivity contribution in [2.75, 3.05) is 12.4 Å². The van der Waals surface area contributed by atoms with Crippen molar-refractivity contribution in [2.24, 2.45) is 0 Å². The van der Waals surface area contributed by atoms with E-state index in [1.165, 1.54) is 66.4 Å². The van der Waals surface area contributed by atoms with Gasteiger partial charge >= 0.3 is 0 Å². The molecule has 5 rings (SSSR count). The van der Waals surface area contributed by atoms with Crippen molar-refractivity contribution in [3.63, 3.8) is 0 Å². The van der Waals surface area contributed by atoms with Crippen molar-refractivity contribution in [2.45, 2.75) is 0 Å². The zero-order valence-corrected chi connectivity index (χ0v) is 18.8. The van der Waals surface area contributed by atoms with Gasteiger partial charge in [-0.1, -0.05) is 0 Å². The molecule has 0 unspecified atom stereocenters. The molecule has 180 valence electrons. The molecule has 0 fully saturated rings. The highest BCUT2D eigenvalue weighted by Crippen LogP contribution is 2.32. The van der Waals surface area contributed by atoms with Crippen LogP contribution < -0.4 is 20.3 Å². The maximum absolute atomic E-state index is 14.9. The monoisotopic (exact) mass is 488 g/mol. The molecule has 0 bridgehead atoms. The lowest BCUT2D eigenvalue weighted by molar-refractivity contribution is 0.102. The average Bonchev–Trinajstić information content (AvgIpc) is 3.35. The van der Waals surface area contributed by atoms with Crippen LogP contribution in [0.1, 0.15) is 10.4 Å². The molecule has 2 aromatic carbocycles. The van der Waals surface area contributed by atoms with E-state index in [4.69, 9.17) is 9.47 Å². The maximum atomic E-state index is 14.9. The van der Waals surface area contributed by atoms with Crippen LogP contribution in [0.4, 0.5) is 14.5 Å². The minimum Gasteiger partial charge on any atom is -0.495 e. The normalized spacial score (nSPS) is 10.9. The zero-order chi connectivity index (χ0) is 25.2. The van der Waals surface area contributed by atoms with Crippen molar-refractivity contribution in [1.29, 1.82) is 0 Å². The molecule has 5 aromatic rings. The van der Waals surface area contributed by atoms with Gasteiger partial charge in [0.05, 0.1) is 19.5 Å². The van der Waals surface area contributed by atoms with Crippen LogP contribution in [-0.4, -0.2) is 27.2 Å². The van der Waals surface area contributed by atoms with Gasteiger partial charge in [-0.3, -0.25) is 14.2 Å². The molecule has 8 nitrogen and oxygen atoms in total. The van der Waals surface area contributed by atoms with E-state index >= 15 is 0 Å². The van der Waals surface area contributed by atoms with Gasteiger partial charge in [0.1, 0.15) is 22.6 Å². The van der Waals surface area contributed by atoms with E-state index in [0.717, 1.165) is 6.07 Å². The fourth-order valence-corrected chi connectivity index (χ4v) is 3.62. The van der Waals surface area contributed by atoms with Crippen LogP contribution in [0.25, 0.3) is 11.2 Å². The van der Waals surface area contributed by atoms with Crippen molar-refractivity contribution < 1.29 is 23.0 Å². The molecule has 0 aliphatic heterocycles. The summed E-state index contributed by atoms with van der Waals surface area (Å²) in [4.78, 5) is 25.6. The predicted molar refractivity (Wildman–Crippen MR) is 128 cm³/mol. The second-order valence-corrected chi connectivity index (χ2v) is 7.68. The van der Waals surface area contributed by atoms with E-state index in [2.05, 4.69) is 10.4 Å². The van der Waals surface area contributed by atoms with E-state index in [0.29, 0.717) is 22.7 Å². The number of rotatable bonds is 6. The smallest absolute Gasteiger partial charge is 0.267 e. The third-order valence-corrected chi connectivity index (χ3v) is 5.39. The lowest BCUT2D eigenvalue weighted by Crippen LogP contribution is -2.27. The molecule has 36 heavy (non-hydrogen) atoms. The average molecular weight is 488 g/mol. The summed E-state index contributed by atoms with van der Waals surface area (Å²) < 4.78 is 41.8. The van der Waals surface area contributed by atoms with Crippen LogP contribution >= 0.6 is 0 Å². The number of methoxy groups -OCH3 is 1. The first kappa shape index (κ1) is 22.8. The van der Waals surface area contributed by atoms with Gasteiger partial charge in [0, 0.05) is 29.7 Å². The lowest BCUT2D eigenvalue weighted by Gasteiger charge is -2.12. The summed E-state index contributed by atoms with van der Waals surface area (Å²) in [5.41, 5.74) is 0.357. The molecule has 0 atom stereocenters. The molecule has 3 aromatic heterocycles. The molecular formula is C26H18F2N4O4. The van der Waals surface area contributed by atoms with Crippen LogP contribution in [-0.2, 0) is 0 Å². The zero-order valence-electron chi connectivity index (χ0n) is 18.8. The molecule has 3 heterocycles. The van der Waals surface area contributed by atoms with Crippen molar-refractivity contribution in [1.82, 2.24) is 14.2 Å². The third kappa shape index (κ3) is 4.39. The summed E-state index contributed by atoms with van der Waals surface area (Å²) >= 11 is 0. The highest BCUT2D eigenvalue weighted by atomic mass is 19.1. The Balaban J connectivity index is 1.38. The van der Waals surface area contributed by atoms with Gasteiger partial charge < -0.3 is 14.8 Å². The minimum atomic E-state index is -0.731. The molecule has 0 aliphatic carbocycles. The van der Waals surface area contributed by atoms with E-state index in [1.54, 1.807) is 29.0 Å². The Bertz CT molecular complexity index is 1640. The number of anilines is 1. The number of nitrogens with one attached hydrogen (secondary N) is 1. The fraction of sp³-hybridized carbons (Fsp3) is 0.0385. The number of pyridine rings is 2. The number of hydrogen-bond donors (Lipinski definition) is 1. The molecule has 1 N–H and O–H groups in total. The Labute approximate surface area is 202 Å². The van der Waals surface area contributed by atoms with E-state index < -0.39 is 23.1 Å². The van der Waals surface area contributed by atoms with Gasteiger partial charge in [-0.15, -0.1) is 0 Å². The molecule has 0 aliphatic rings. The van der Waals surface area contributed by atoms with Gasteiger partial charge in [-0.25, -0.2) is 13.3 Å². The highest BCUT2D eigenvalue weighted by molar-refractivity contribution is 6.04. The van der Waals surface area contributed by atoms with Crippen LogP contribution in [0.3, 0.4) is 0 Å². The Morgan fingerprint density at radius 2 is 1.81 bits per heavy atom. The van der Waals surface area contributed by atoms with Gasteiger partial charge in [0.2, 0.25) is 0 Å². The van der Waals surface area contributed by atoms with E-state index in [9.17, 15) is 18.4 Å². The second kappa shape index (κ2) is 9.34. The minimum absolute atomic E-state index is 0.0808. The number of nitrogens with zero attached hydrogens (tertiary/aromatic N) is 3. The first-order valence-corrected chi connectivity index (χ1v) is 10.7. The summed E-state index contributed by atoms with van der Waals surface area (Å²) in [5.74, 6) is -1.19. The first-order valence-electron chi connectivity index (χ1n) is 10.7. The Hall–Kier alpha value is -4.99. The predicted octanol–water partition coefficient (Wildman–Crippen LogP) is 4.82. The quantitative estimate of drug-likeness (QED) is 0.371. The summed E-state index contributed by atoms with van der Waals surface area (Å²) in [7, 11) is 1.49. The van der Waals surface area contributed by atoms with Gasteiger partial charge in [0.15, 0.2) is 17.3 Å². The van der Waals surface area contributed by atoms with Gasteiger partial charge in [-0.2, -0.15) is 5.10 Å². The maximum Gasteiger partial charge on any atom is 0.267 e. The number of fused-ring (bicyclic) bond motifs is 1. The third-order valence-electron chi connectivity index (χ3n) is 5.39. The van der Waals surface area contributed by atoms with Gasteiger partial charge in [-0.05, 0) is 54.6 Å². The lowest BCUT2D eigenvalue weighted by atomic mass is 10.2. The number of carbonyl (C=O) groups excluding carboxylic acids is 1. The standard InChI is InChI=1S/C26H18F2N4O4/c1-35-19-14-24(22-10-11-29-32(22)15-19)36-23-9-6-17(13-21(23)28)30-25(33)20-3-2-12-31(26(20)34)18-7-4-16(27)5-8-18/h2-15H,1H3,(H,30,33). The largest absolute Gasteiger partial charge is 0.495 e. The number of hydrogen-bond acceptors (Lipinski definition) is 5. The fourth-order valence-electron chi connectivity index (χ4n) is 3.62. The molecule has 0 saturated heterocycles.